The number of hydrogen-bond acceptors (Lipinski definition) is 5. The Hall–Kier alpha value is -2.88. The first kappa shape index (κ1) is 17.0. The molecular formula is C19H17N3O2S. The molecule has 5 nitrogen and oxygen atoms in total. The molecule has 1 aromatic carbocycles. The highest BCUT2D eigenvalue weighted by Gasteiger charge is 2.14. The molecule has 0 aliphatic heterocycles. The van der Waals surface area contributed by atoms with Crippen LogP contribution in [0.1, 0.15) is 16.2 Å². The Morgan fingerprint density at radius 3 is 2.84 bits per heavy atom. The van der Waals surface area contributed by atoms with Crippen molar-refractivity contribution in [2.45, 2.75) is 13.1 Å². The van der Waals surface area contributed by atoms with Gasteiger partial charge in [-0.3, -0.25) is 9.69 Å². The number of carbonyl (C=O) groups excluding carboxylic acids is 1. The fraction of sp³-hybridized carbons (Fsp3) is 0.158. The largest absolute Gasteiger partial charge is 0.468 e. The molecule has 0 saturated carbocycles. The molecule has 3 rings (SSSR count). The first-order valence-corrected chi connectivity index (χ1v) is 8.68. The molecule has 0 fully saturated rings. The number of amides is 1. The first-order chi connectivity index (χ1) is 12.2. The summed E-state index contributed by atoms with van der Waals surface area (Å²) >= 11 is 1.66. The van der Waals surface area contributed by atoms with Crippen LogP contribution in [-0.4, -0.2) is 17.4 Å². The lowest BCUT2D eigenvalue weighted by Crippen LogP contribution is -2.32. The Bertz CT molecular complexity index is 815. The molecule has 6 heteroatoms. The van der Waals surface area contributed by atoms with Crippen molar-refractivity contribution < 1.29 is 9.21 Å². The number of nitrogens with zero attached hydrogens (tertiary/aromatic N) is 2. The Labute approximate surface area is 150 Å². The van der Waals surface area contributed by atoms with Crippen molar-refractivity contribution in [3.63, 3.8) is 0 Å². The summed E-state index contributed by atoms with van der Waals surface area (Å²) in [5, 5.41) is 13.8. The lowest BCUT2D eigenvalue weighted by atomic mass is 10.2. The van der Waals surface area contributed by atoms with Crippen molar-refractivity contribution in [1.82, 2.24) is 4.90 Å². The van der Waals surface area contributed by atoms with Crippen LogP contribution in [0.3, 0.4) is 0 Å². The van der Waals surface area contributed by atoms with E-state index in [1.54, 1.807) is 41.9 Å². The van der Waals surface area contributed by atoms with Gasteiger partial charge in [0.15, 0.2) is 0 Å². The zero-order valence-corrected chi connectivity index (χ0v) is 14.3. The number of nitrogens with one attached hydrogen (secondary N) is 1. The van der Waals surface area contributed by atoms with E-state index in [2.05, 4.69) is 11.4 Å². The van der Waals surface area contributed by atoms with E-state index in [-0.39, 0.29) is 12.5 Å². The summed E-state index contributed by atoms with van der Waals surface area (Å²) in [7, 11) is 0. The normalized spacial score (nSPS) is 10.6. The molecule has 0 atom stereocenters. The van der Waals surface area contributed by atoms with Gasteiger partial charge < -0.3 is 9.73 Å². The maximum Gasteiger partial charge on any atom is 0.238 e. The summed E-state index contributed by atoms with van der Waals surface area (Å²) < 4.78 is 5.41. The number of rotatable bonds is 7. The molecule has 0 spiro atoms. The molecule has 0 radical (unpaired) electrons. The van der Waals surface area contributed by atoms with E-state index in [1.165, 1.54) is 4.88 Å². The molecule has 1 N–H and O–H groups in total. The zero-order valence-electron chi connectivity index (χ0n) is 13.5. The minimum absolute atomic E-state index is 0.127. The number of thiophene rings is 1. The maximum atomic E-state index is 12.4. The van der Waals surface area contributed by atoms with Crippen LogP contribution in [0.4, 0.5) is 5.69 Å². The van der Waals surface area contributed by atoms with Gasteiger partial charge in [-0.2, -0.15) is 5.26 Å². The van der Waals surface area contributed by atoms with Gasteiger partial charge in [0.2, 0.25) is 5.91 Å². The van der Waals surface area contributed by atoms with Gasteiger partial charge in [0.25, 0.3) is 0 Å². The van der Waals surface area contributed by atoms with E-state index in [9.17, 15) is 4.79 Å². The minimum Gasteiger partial charge on any atom is -0.468 e. The lowest BCUT2D eigenvalue weighted by Gasteiger charge is -2.20. The summed E-state index contributed by atoms with van der Waals surface area (Å²) in [5.41, 5.74) is 1.14. The highest BCUT2D eigenvalue weighted by atomic mass is 32.1. The van der Waals surface area contributed by atoms with E-state index in [1.807, 2.05) is 34.5 Å². The number of benzene rings is 1. The number of hydrogen-bond donors (Lipinski definition) is 1. The van der Waals surface area contributed by atoms with E-state index in [0.29, 0.717) is 24.3 Å². The van der Waals surface area contributed by atoms with Gasteiger partial charge in [-0.15, -0.1) is 11.3 Å². The molecule has 126 valence electrons. The van der Waals surface area contributed by atoms with Gasteiger partial charge in [0.05, 0.1) is 31.0 Å². The Morgan fingerprint density at radius 1 is 1.20 bits per heavy atom. The zero-order chi connectivity index (χ0) is 17.5. The standard InChI is InChI=1S/C19H17N3O2S/c20-11-15-4-1-5-16(10-15)21-19(23)14-22(12-17-6-2-8-24-17)13-18-7-3-9-25-18/h1-10H,12-14H2,(H,21,23). The average molecular weight is 351 g/mol. The smallest absolute Gasteiger partial charge is 0.238 e. The first-order valence-electron chi connectivity index (χ1n) is 7.80. The summed E-state index contributed by atoms with van der Waals surface area (Å²) in [6.07, 6.45) is 1.63. The van der Waals surface area contributed by atoms with E-state index < -0.39 is 0 Å². The third kappa shape index (κ3) is 5.05. The Morgan fingerprint density at radius 2 is 2.12 bits per heavy atom. The fourth-order valence-electron chi connectivity index (χ4n) is 2.48. The Balaban J connectivity index is 1.65. The highest BCUT2D eigenvalue weighted by molar-refractivity contribution is 7.09. The molecule has 3 aromatic rings. The van der Waals surface area contributed by atoms with Gasteiger partial charge in [-0.25, -0.2) is 0 Å². The van der Waals surface area contributed by atoms with Crippen LogP contribution >= 0.6 is 11.3 Å². The average Bonchev–Trinajstić information content (AvgIpc) is 3.29. The van der Waals surface area contributed by atoms with Gasteiger partial charge in [-0.05, 0) is 41.8 Å². The van der Waals surface area contributed by atoms with Gasteiger partial charge in [0, 0.05) is 17.1 Å². The molecule has 2 aromatic heterocycles. The monoisotopic (exact) mass is 351 g/mol. The SMILES string of the molecule is N#Cc1cccc(NC(=O)CN(Cc2ccco2)Cc2cccs2)c1. The second-order valence-electron chi connectivity index (χ2n) is 5.54. The van der Waals surface area contributed by atoms with Gasteiger partial charge in [0.1, 0.15) is 5.76 Å². The summed E-state index contributed by atoms with van der Waals surface area (Å²) in [6.45, 7) is 1.45. The second-order valence-corrected chi connectivity index (χ2v) is 6.58. The topological polar surface area (TPSA) is 69.3 Å². The number of furan rings is 1. The second kappa shape index (κ2) is 8.29. The predicted octanol–water partition coefficient (Wildman–Crippen LogP) is 3.85. The predicted molar refractivity (Wildman–Crippen MR) is 96.9 cm³/mol. The summed E-state index contributed by atoms with van der Waals surface area (Å²) in [6, 6.07) is 16.7. The summed E-state index contributed by atoms with van der Waals surface area (Å²) in [5.74, 6) is 0.689. The number of anilines is 1. The maximum absolute atomic E-state index is 12.4. The van der Waals surface area contributed by atoms with Crippen LogP contribution < -0.4 is 5.32 Å². The van der Waals surface area contributed by atoms with E-state index in [0.717, 1.165) is 5.76 Å². The van der Waals surface area contributed by atoms with Crippen LogP contribution in [0.15, 0.2) is 64.6 Å². The third-order valence-electron chi connectivity index (χ3n) is 3.56. The van der Waals surface area contributed by atoms with Crippen molar-refractivity contribution in [3.05, 3.63) is 76.4 Å². The molecular weight excluding hydrogens is 334 g/mol. The molecule has 0 bridgehead atoms. The molecule has 25 heavy (non-hydrogen) atoms. The van der Waals surface area contributed by atoms with Crippen LogP contribution in [0.2, 0.25) is 0 Å². The van der Waals surface area contributed by atoms with Gasteiger partial charge >= 0.3 is 0 Å². The van der Waals surface area contributed by atoms with Crippen LogP contribution in [0.25, 0.3) is 0 Å². The quantitative estimate of drug-likeness (QED) is 0.702. The van der Waals surface area contributed by atoms with Crippen molar-refractivity contribution in [2.75, 3.05) is 11.9 Å². The van der Waals surface area contributed by atoms with Crippen molar-refractivity contribution in [2.24, 2.45) is 0 Å². The van der Waals surface area contributed by atoms with Crippen LogP contribution in [0, 0.1) is 11.3 Å². The van der Waals surface area contributed by atoms with E-state index >= 15 is 0 Å². The Kier molecular flexibility index (Phi) is 5.62. The van der Waals surface area contributed by atoms with E-state index in [4.69, 9.17) is 9.68 Å². The van der Waals surface area contributed by atoms with Crippen molar-refractivity contribution in [3.8, 4) is 6.07 Å². The molecule has 1 amide bonds. The lowest BCUT2D eigenvalue weighted by molar-refractivity contribution is -0.117. The molecule has 0 saturated heterocycles. The minimum atomic E-state index is -0.127. The van der Waals surface area contributed by atoms with Crippen molar-refractivity contribution >= 4 is 22.9 Å². The molecule has 0 unspecified atom stereocenters. The summed E-state index contributed by atoms with van der Waals surface area (Å²) in [4.78, 5) is 15.6. The molecule has 2 heterocycles. The number of nitriles is 1. The molecule has 0 aliphatic carbocycles. The van der Waals surface area contributed by atoms with Crippen LogP contribution in [-0.2, 0) is 17.9 Å². The fourth-order valence-corrected chi connectivity index (χ4v) is 3.23. The van der Waals surface area contributed by atoms with Gasteiger partial charge in [-0.1, -0.05) is 12.1 Å². The number of carbonyl (C=O) groups is 1. The van der Waals surface area contributed by atoms with Crippen LogP contribution in [0.5, 0.6) is 0 Å². The third-order valence-corrected chi connectivity index (χ3v) is 4.42. The highest BCUT2D eigenvalue weighted by Crippen LogP contribution is 2.15. The molecule has 0 aliphatic rings. The van der Waals surface area contributed by atoms with Crippen molar-refractivity contribution in [1.29, 1.82) is 5.26 Å².